The number of nitrogens with two attached hydrogens (primary N) is 1. The summed E-state index contributed by atoms with van der Waals surface area (Å²) in [5.41, 5.74) is 5.38. The summed E-state index contributed by atoms with van der Waals surface area (Å²) in [5, 5.41) is 2.98. The van der Waals surface area contributed by atoms with Gasteiger partial charge < -0.3 is 11.1 Å². The van der Waals surface area contributed by atoms with Gasteiger partial charge in [-0.05, 0) is 44.4 Å². The highest BCUT2D eigenvalue weighted by molar-refractivity contribution is 5.86. The van der Waals surface area contributed by atoms with Gasteiger partial charge in [0.25, 0.3) is 0 Å². The van der Waals surface area contributed by atoms with E-state index >= 15 is 0 Å². The molecule has 0 radical (unpaired) electrons. The molecular weight excluding hydrogens is 176 g/mol. The van der Waals surface area contributed by atoms with Crippen LogP contribution in [0.2, 0.25) is 0 Å². The smallest absolute Gasteiger partial charge is 0.240 e. The number of amides is 1. The van der Waals surface area contributed by atoms with Crippen molar-refractivity contribution >= 4 is 5.91 Å². The zero-order valence-electron chi connectivity index (χ0n) is 8.88. The maximum atomic E-state index is 11.8. The predicted octanol–water partition coefficient (Wildman–Crippen LogP) is 1.03. The molecule has 14 heavy (non-hydrogen) atoms. The molecule has 0 saturated heterocycles. The van der Waals surface area contributed by atoms with Crippen molar-refractivity contribution in [1.29, 1.82) is 0 Å². The Morgan fingerprint density at radius 3 is 2.50 bits per heavy atom. The lowest BCUT2D eigenvalue weighted by atomic mass is 9.85. The van der Waals surface area contributed by atoms with Crippen molar-refractivity contribution < 1.29 is 4.79 Å². The van der Waals surface area contributed by atoms with Crippen molar-refractivity contribution in [2.45, 2.75) is 44.6 Å². The molecule has 0 aromatic carbocycles. The number of rotatable bonds is 4. The largest absolute Gasteiger partial charge is 0.354 e. The van der Waals surface area contributed by atoms with Gasteiger partial charge in [0.05, 0.1) is 5.54 Å². The zero-order valence-corrected chi connectivity index (χ0v) is 8.88. The molecule has 3 N–H and O–H groups in total. The Bertz CT molecular complexity index is 229. The molecule has 3 heteroatoms. The summed E-state index contributed by atoms with van der Waals surface area (Å²) in [5.74, 6) is 1.18. The van der Waals surface area contributed by atoms with Crippen molar-refractivity contribution in [3.8, 4) is 0 Å². The van der Waals surface area contributed by atoms with Crippen LogP contribution in [0.4, 0.5) is 0 Å². The first-order valence-electron chi connectivity index (χ1n) is 5.68. The summed E-state index contributed by atoms with van der Waals surface area (Å²) in [6.07, 6.45) is 6.09. The molecule has 2 aliphatic rings. The molecule has 2 saturated carbocycles. The summed E-state index contributed by atoms with van der Waals surface area (Å²) in [4.78, 5) is 11.8. The van der Waals surface area contributed by atoms with Crippen LogP contribution in [0.15, 0.2) is 0 Å². The molecule has 0 aromatic rings. The van der Waals surface area contributed by atoms with E-state index in [1.165, 1.54) is 19.3 Å². The van der Waals surface area contributed by atoms with E-state index in [-0.39, 0.29) is 5.91 Å². The van der Waals surface area contributed by atoms with Crippen LogP contribution in [0.25, 0.3) is 0 Å². The summed E-state index contributed by atoms with van der Waals surface area (Å²) in [6.45, 7) is 2.69. The van der Waals surface area contributed by atoms with Gasteiger partial charge in [0.15, 0.2) is 0 Å². The van der Waals surface area contributed by atoms with Crippen LogP contribution >= 0.6 is 0 Å². The van der Waals surface area contributed by atoms with E-state index in [9.17, 15) is 4.79 Å². The Kier molecular flexibility index (Phi) is 2.52. The second-order valence-corrected chi connectivity index (χ2v) is 5.06. The first-order valence-corrected chi connectivity index (χ1v) is 5.68. The van der Waals surface area contributed by atoms with Gasteiger partial charge in [0, 0.05) is 6.54 Å². The van der Waals surface area contributed by atoms with E-state index in [0.717, 1.165) is 19.4 Å². The number of carbonyl (C=O) groups is 1. The Morgan fingerprint density at radius 1 is 1.43 bits per heavy atom. The molecule has 0 spiro atoms. The Balaban J connectivity index is 1.75. The van der Waals surface area contributed by atoms with Crippen LogP contribution in [0, 0.1) is 11.8 Å². The lowest BCUT2D eigenvalue weighted by Crippen LogP contribution is -2.54. The summed E-state index contributed by atoms with van der Waals surface area (Å²) >= 11 is 0. The Hall–Kier alpha value is -0.570. The SMILES string of the molecule is CC(N)(C(=O)NCC1CCC1)C1CC1. The molecular formula is C11H20N2O. The van der Waals surface area contributed by atoms with Crippen LogP contribution in [-0.2, 0) is 4.79 Å². The lowest BCUT2D eigenvalue weighted by molar-refractivity contribution is -0.126. The van der Waals surface area contributed by atoms with Crippen molar-refractivity contribution in [1.82, 2.24) is 5.32 Å². The van der Waals surface area contributed by atoms with E-state index < -0.39 is 5.54 Å². The average Bonchev–Trinajstić information content (AvgIpc) is 2.82. The first-order chi connectivity index (χ1) is 6.60. The summed E-state index contributed by atoms with van der Waals surface area (Å²) < 4.78 is 0. The molecule has 0 aromatic heterocycles. The summed E-state index contributed by atoms with van der Waals surface area (Å²) in [7, 11) is 0. The van der Waals surface area contributed by atoms with Gasteiger partial charge in [-0.2, -0.15) is 0 Å². The molecule has 2 fully saturated rings. The first kappa shape index (κ1) is 9.97. The molecule has 1 atom stereocenters. The predicted molar refractivity (Wildman–Crippen MR) is 55.7 cm³/mol. The monoisotopic (exact) mass is 196 g/mol. The van der Waals surface area contributed by atoms with E-state index in [4.69, 9.17) is 5.73 Å². The molecule has 80 valence electrons. The highest BCUT2D eigenvalue weighted by Gasteiger charge is 2.44. The number of hydrogen-bond acceptors (Lipinski definition) is 2. The fraction of sp³-hybridized carbons (Fsp3) is 0.909. The highest BCUT2D eigenvalue weighted by Crippen LogP contribution is 2.38. The third-order valence-electron chi connectivity index (χ3n) is 3.69. The van der Waals surface area contributed by atoms with Gasteiger partial charge in [0.2, 0.25) is 5.91 Å². The van der Waals surface area contributed by atoms with Crippen LogP contribution in [0.5, 0.6) is 0 Å². The minimum atomic E-state index is -0.621. The maximum Gasteiger partial charge on any atom is 0.240 e. The Labute approximate surface area is 85.4 Å². The van der Waals surface area contributed by atoms with Crippen molar-refractivity contribution in [2.75, 3.05) is 6.54 Å². The fourth-order valence-corrected chi connectivity index (χ4v) is 1.99. The lowest BCUT2D eigenvalue weighted by Gasteiger charge is -2.28. The molecule has 1 amide bonds. The summed E-state index contributed by atoms with van der Waals surface area (Å²) in [6, 6.07) is 0. The number of carbonyl (C=O) groups excluding carboxylic acids is 1. The van der Waals surface area contributed by atoms with E-state index in [0.29, 0.717) is 11.8 Å². The molecule has 2 rings (SSSR count). The molecule has 0 bridgehead atoms. The molecule has 3 nitrogen and oxygen atoms in total. The minimum Gasteiger partial charge on any atom is -0.354 e. The van der Waals surface area contributed by atoms with Crippen LogP contribution in [0.3, 0.4) is 0 Å². The number of nitrogens with one attached hydrogen (secondary N) is 1. The van der Waals surface area contributed by atoms with Gasteiger partial charge >= 0.3 is 0 Å². The molecule has 0 aliphatic heterocycles. The average molecular weight is 196 g/mol. The number of hydrogen-bond donors (Lipinski definition) is 2. The normalized spacial score (nSPS) is 26.4. The van der Waals surface area contributed by atoms with Crippen LogP contribution in [-0.4, -0.2) is 18.0 Å². The van der Waals surface area contributed by atoms with Gasteiger partial charge in [-0.15, -0.1) is 0 Å². The highest BCUT2D eigenvalue weighted by atomic mass is 16.2. The Morgan fingerprint density at radius 2 is 2.07 bits per heavy atom. The minimum absolute atomic E-state index is 0.0481. The van der Waals surface area contributed by atoms with Crippen molar-refractivity contribution in [3.05, 3.63) is 0 Å². The van der Waals surface area contributed by atoms with Gasteiger partial charge in [-0.3, -0.25) is 4.79 Å². The maximum absolute atomic E-state index is 11.8. The van der Waals surface area contributed by atoms with Crippen LogP contribution < -0.4 is 11.1 Å². The molecule has 1 unspecified atom stereocenters. The second kappa shape index (κ2) is 3.54. The fourth-order valence-electron chi connectivity index (χ4n) is 1.99. The van der Waals surface area contributed by atoms with E-state index in [2.05, 4.69) is 5.32 Å². The quantitative estimate of drug-likeness (QED) is 0.705. The van der Waals surface area contributed by atoms with Crippen molar-refractivity contribution in [2.24, 2.45) is 17.6 Å². The van der Waals surface area contributed by atoms with Gasteiger partial charge in [-0.1, -0.05) is 6.42 Å². The van der Waals surface area contributed by atoms with E-state index in [1.807, 2.05) is 6.92 Å². The molecule has 0 heterocycles. The molecule has 2 aliphatic carbocycles. The van der Waals surface area contributed by atoms with E-state index in [1.54, 1.807) is 0 Å². The standard InChI is InChI=1S/C11H20N2O/c1-11(12,9-5-6-9)10(14)13-7-8-3-2-4-8/h8-9H,2-7,12H2,1H3,(H,13,14). The third-order valence-corrected chi connectivity index (χ3v) is 3.69. The zero-order chi connectivity index (χ0) is 10.2. The second-order valence-electron chi connectivity index (χ2n) is 5.06. The third kappa shape index (κ3) is 1.92. The van der Waals surface area contributed by atoms with Gasteiger partial charge in [0.1, 0.15) is 0 Å². The van der Waals surface area contributed by atoms with Gasteiger partial charge in [-0.25, -0.2) is 0 Å². The van der Waals surface area contributed by atoms with Crippen molar-refractivity contribution in [3.63, 3.8) is 0 Å². The van der Waals surface area contributed by atoms with Crippen LogP contribution in [0.1, 0.15) is 39.0 Å². The topological polar surface area (TPSA) is 55.1 Å².